The summed E-state index contributed by atoms with van der Waals surface area (Å²) < 4.78 is 11.4. The summed E-state index contributed by atoms with van der Waals surface area (Å²) in [6.07, 6.45) is 0.594. The highest BCUT2D eigenvalue weighted by molar-refractivity contribution is 5.31. The molecule has 3 nitrogen and oxygen atoms in total. The minimum atomic E-state index is 0.273. The van der Waals surface area contributed by atoms with Crippen LogP contribution in [0.5, 0.6) is 5.75 Å². The summed E-state index contributed by atoms with van der Waals surface area (Å²) in [6, 6.07) is 8.68. The zero-order chi connectivity index (χ0) is 14.7. The van der Waals surface area contributed by atoms with Gasteiger partial charge in [0.05, 0.1) is 19.3 Å². The molecule has 0 saturated carbocycles. The van der Waals surface area contributed by atoms with E-state index in [1.54, 1.807) is 7.11 Å². The van der Waals surface area contributed by atoms with E-state index in [-0.39, 0.29) is 6.10 Å². The highest BCUT2D eigenvalue weighted by Gasteiger charge is 2.41. The summed E-state index contributed by atoms with van der Waals surface area (Å²) >= 11 is 0. The molecular formula is C17H27NO2. The van der Waals surface area contributed by atoms with Gasteiger partial charge < -0.3 is 14.8 Å². The smallest absolute Gasteiger partial charge is 0.119 e. The average Bonchev–Trinajstić information content (AvgIpc) is 2.70. The van der Waals surface area contributed by atoms with Crippen LogP contribution in [0.3, 0.4) is 0 Å². The zero-order valence-corrected chi connectivity index (χ0v) is 13.2. The van der Waals surface area contributed by atoms with Gasteiger partial charge in [0, 0.05) is 12.0 Å². The Morgan fingerprint density at radius 2 is 2.00 bits per heavy atom. The van der Waals surface area contributed by atoms with Gasteiger partial charge >= 0.3 is 0 Å². The Labute approximate surface area is 122 Å². The van der Waals surface area contributed by atoms with E-state index in [2.05, 4.69) is 51.2 Å². The van der Waals surface area contributed by atoms with Crippen molar-refractivity contribution in [1.29, 1.82) is 0 Å². The lowest BCUT2D eigenvalue weighted by Gasteiger charge is -2.30. The Bertz CT molecular complexity index is 435. The van der Waals surface area contributed by atoms with Gasteiger partial charge in [0.15, 0.2) is 0 Å². The maximum absolute atomic E-state index is 6.02. The van der Waals surface area contributed by atoms with E-state index >= 15 is 0 Å². The lowest BCUT2D eigenvalue weighted by Crippen LogP contribution is -2.34. The van der Waals surface area contributed by atoms with E-state index in [0.717, 1.165) is 12.3 Å². The summed E-state index contributed by atoms with van der Waals surface area (Å²) in [5, 5.41) is 3.64. The predicted octanol–water partition coefficient (Wildman–Crippen LogP) is 3.41. The van der Waals surface area contributed by atoms with Crippen LogP contribution < -0.4 is 10.1 Å². The molecule has 1 fully saturated rings. The van der Waals surface area contributed by atoms with E-state index in [4.69, 9.17) is 9.47 Å². The lowest BCUT2D eigenvalue weighted by atomic mass is 9.80. The van der Waals surface area contributed by atoms with Crippen molar-refractivity contribution < 1.29 is 9.47 Å². The summed E-state index contributed by atoms with van der Waals surface area (Å²) in [5.41, 5.74) is 1.28. The maximum Gasteiger partial charge on any atom is 0.119 e. The zero-order valence-electron chi connectivity index (χ0n) is 13.2. The molecule has 0 radical (unpaired) electrons. The molecule has 5 atom stereocenters. The maximum atomic E-state index is 6.02. The molecule has 0 amide bonds. The summed E-state index contributed by atoms with van der Waals surface area (Å²) in [5.74, 6) is 1.94. The molecule has 1 aliphatic heterocycles. The third-order valence-corrected chi connectivity index (χ3v) is 4.58. The quantitative estimate of drug-likeness (QED) is 0.894. The molecule has 20 heavy (non-hydrogen) atoms. The molecule has 0 aliphatic carbocycles. The number of hydrogen-bond donors (Lipinski definition) is 1. The Morgan fingerprint density at radius 1 is 1.25 bits per heavy atom. The van der Waals surface area contributed by atoms with Crippen molar-refractivity contribution in [1.82, 2.24) is 5.32 Å². The van der Waals surface area contributed by atoms with Crippen LogP contribution in [-0.2, 0) is 4.74 Å². The van der Waals surface area contributed by atoms with Crippen LogP contribution in [0.4, 0.5) is 0 Å². The van der Waals surface area contributed by atoms with Crippen LogP contribution in [0.2, 0.25) is 0 Å². The fourth-order valence-electron chi connectivity index (χ4n) is 3.40. The van der Waals surface area contributed by atoms with Gasteiger partial charge in [-0.1, -0.05) is 26.0 Å². The third-order valence-electron chi connectivity index (χ3n) is 4.58. The van der Waals surface area contributed by atoms with Gasteiger partial charge in [-0.15, -0.1) is 0 Å². The highest BCUT2D eigenvalue weighted by atomic mass is 16.5. The van der Waals surface area contributed by atoms with Gasteiger partial charge in [-0.25, -0.2) is 0 Å². The minimum absolute atomic E-state index is 0.273. The number of ether oxygens (including phenoxy) is 2. The second-order valence-electron chi connectivity index (χ2n) is 5.79. The van der Waals surface area contributed by atoms with E-state index in [9.17, 15) is 0 Å². The average molecular weight is 277 g/mol. The van der Waals surface area contributed by atoms with E-state index in [1.165, 1.54) is 5.56 Å². The van der Waals surface area contributed by atoms with Crippen molar-refractivity contribution in [3.8, 4) is 5.75 Å². The summed E-state index contributed by atoms with van der Waals surface area (Å²) in [6.45, 7) is 9.77. The second kappa shape index (κ2) is 6.59. The first-order valence-corrected chi connectivity index (χ1v) is 7.61. The molecule has 0 bridgehead atoms. The third kappa shape index (κ3) is 2.99. The standard InChI is InChI=1S/C17H27NO2/c1-6-18-17(14-8-7-9-15(10-14)19-5)16-11(2)12(3)20-13(16)4/h7-13,16-18H,6H2,1-5H3. The fraction of sp³-hybridized carbons (Fsp3) is 0.647. The normalized spacial score (nSPS) is 31.2. The van der Waals surface area contributed by atoms with E-state index in [0.29, 0.717) is 24.0 Å². The largest absolute Gasteiger partial charge is 0.497 e. The van der Waals surface area contributed by atoms with Crippen molar-refractivity contribution in [3.63, 3.8) is 0 Å². The summed E-state index contributed by atoms with van der Waals surface area (Å²) in [7, 11) is 1.72. The second-order valence-corrected chi connectivity index (χ2v) is 5.79. The molecule has 1 heterocycles. The molecule has 1 N–H and O–H groups in total. The van der Waals surface area contributed by atoms with Crippen molar-refractivity contribution in [2.75, 3.05) is 13.7 Å². The molecule has 1 saturated heterocycles. The highest BCUT2D eigenvalue weighted by Crippen LogP contribution is 2.41. The van der Waals surface area contributed by atoms with Crippen molar-refractivity contribution in [2.24, 2.45) is 11.8 Å². The molecule has 1 aliphatic rings. The fourth-order valence-corrected chi connectivity index (χ4v) is 3.40. The van der Waals surface area contributed by atoms with E-state index in [1.807, 2.05) is 6.07 Å². The molecule has 0 aromatic heterocycles. The number of methoxy groups -OCH3 is 1. The first-order valence-electron chi connectivity index (χ1n) is 7.61. The van der Waals surface area contributed by atoms with Crippen LogP contribution in [0, 0.1) is 11.8 Å². The van der Waals surface area contributed by atoms with Crippen LogP contribution >= 0.6 is 0 Å². The molecule has 1 aromatic rings. The monoisotopic (exact) mass is 277 g/mol. The molecule has 1 aromatic carbocycles. The molecule has 5 unspecified atom stereocenters. The van der Waals surface area contributed by atoms with Gasteiger partial charge in [0.25, 0.3) is 0 Å². The number of nitrogens with one attached hydrogen (secondary N) is 1. The lowest BCUT2D eigenvalue weighted by molar-refractivity contribution is 0.0475. The molecule has 2 rings (SSSR count). The van der Waals surface area contributed by atoms with Gasteiger partial charge in [-0.05, 0) is 44.0 Å². The predicted molar refractivity (Wildman–Crippen MR) is 82.1 cm³/mol. The van der Waals surface area contributed by atoms with Crippen LogP contribution in [-0.4, -0.2) is 25.9 Å². The van der Waals surface area contributed by atoms with Gasteiger partial charge in [0.1, 0.15) is 5.75 Å². The van der Waals surface area contributed by atoms with Crippen molar-refractivity contribution >= 4 is 0 Å². The van der Waals surface area contributed by atoms with Crippen LogP contribution in [0.25, 0.3) is 0 Å². The Hall–Kier alpha value is -1.06. The van der Waals surface area contributed by atoms with Crippen LogP contribution in [0.1, 0.15) is 39.3 Å². The Balaban J connectivity index is 2.30. The van der Waals surface area contributed by atoms with Gasteiger partial charge in [0.2, 0.25) is 0 Å². The number of benzene rings is 1. The molecular weight excluding hydrogens is 250 g/mol. The molecule has 3 heteroatoms. The van der Waals surface area contributed by atoms with Gasteiger partial charge in [-0.2, -0.15) is 0 Å². The molecule has 0 spiro atoms. The Kier molecular flexibility index (Phi) is 5.06. The minimum Gasteiger partial charge on any atom is -0.497 e. The SMILES string of the molecule is CCNC(c1cccc(OC)c1)C1C(C)OC(C)C1C. The van der Waals surface area contributed by atoms with Gasteiger partial charge in [-0.3, -0.25) is 0 Å². The first-order chi connectivity index (χ1) is 9.58. The topological polar surface area (TPSA) is 30.5 Å². The number of hydrogen-bond acceptors (Lipinski definition) is 3. The van der Waals surface area contributed by atoms with Crippen molar-refractivity contribution in [3.05, 3.63) is 29.8 Å². The molecule has 112 valence electrons. The Morgan fingerprint density at radius 3 is 2.55 bits per heavy atom. The van der Waals surface area contributed by atoms with E-state index < -0.39 is 0 Å². The summed E-state index contributed by atoms with van der Waals surface area (Å²) in [4.78, 5) is 0. The van der Waals surface area contributed by atoms with Crippen molar-refractivity contribution in [2.45, 2.75) is 45.9 Å². The first kappa shape index (κ1) is 15.3. The number of rotatable bonds is 5. The van der Waals surface area contributed by atoms with Crippen LogP contribution in [0.15, 0.2) is 24.3 Å².